The molecule has 2 aromatic rings. The SMILES string of the molecule is CN(C)C(=O)CNC(=NCc1cccc(C(F)(F)F)c1)NCc1ccccn1. The van der Waals surface area contributed by atoms with Gasteiger partial charge in [-0.2, -0.15) is 13.2 Å². The average molecular weight is 393 g/mol. The number of aromatic nitrogens is 1. The lowest BCUT2D eigenvalue weighted by molar-refractivity contribution is -0.137. The largest absolute Gasteiger partial charge is 0.416 e. The minimum atomic E-state index is -4.41. The number of aliphatic imine (C=N–C) groups is 1. The van der Waals surface area contributed by atoms with E-state index in [0.717, 1.165) is 17.8 Å². The number of alkyl halides is 3. The van der Waals surface area contributed by atoms with Gasteiger partial charge in [-0.25, -0.2) is 4.99 Å². The van der Waals surface area contributed by atoms with Gasteiger partial charge >= 0.3 is 6.18 Å². The lowest BCUT2D eigenvalue weighted by atomic mass is 10.1. The van der Waals surface area contributed by atoms with Gasteiger partial charge in [0.25, 0.3) is 0 Å². The number of pyridine rings is 1. The molecule has 9 heteroatoms. The van der Waals surface area contributed by atoms with Crippen molar-refractivity contribution < 1.29 is 18.0 Å². The first-order valence-electron chi connectivity index (χ1n) is 8.54. The van der Waals surface area contributed by atoms with Crippen LogP contribution < -0.4 is 10.6 Å². The van der Waals surface area contributed by atoms with Crippen molar-refractivity contribution in [2.75, 3.05) is 20.6 Å². The molecule has 1 aromatic carbocycles. The van der Waals surface area contributed by atoms with E-state index in [1.165, 1.54) is 11.0 Å². The van der Waals surface area contributed by atoms with Gasteiger partial charge in [0.15, 0.2) is 5.96 Å². The number of hydrogen-bond donors (Lipinski definition) is 2. The van der Waals surface area contributed by atoms with Gasteiger partial charge in [0.05, 0.1) is 30.9 Å². The summed E-state index contributed by atoms with van der Waals surface area (Å²) >= 11 is 0. The first kappa shape index (κ1) is 21.2. The van der Waals surface area contributed by atoms with E-state index in [9.17, 15) is 18.0 Å². The lowest BCUT2D eigenvalue weighted by Crippen LogP contribution is -2.42. The molecule has 0 saturated heterocycles. The summed E-state index contributed by atoms with van der Waals surface area (Å²) in [4.78, 5) is 21.7. The van der Waals surface area contributed by atoms with Crippen LogP contribution in [0.4, 0.5) is 13.2 Å². The molecule has 1 aromatic heterocycles. The Kier molecular flexibility index (Phi) is 7.36. The van der Waals surface area contributed by atoms with Gasteiger partial charge in [-0.15, -0.1) is 0 Å². The molecule has 0 aliphatic carbocycles. The van der Waals surface area contributed by atoms with Crippen molar-refractivity contribution in [3.05, 3.63) is 65.5 Å². The van der Waals surface area contributed by atoms with Gasteiger partial charge in [0.1, 0.15) is 0 Å². The predicted octanol–water partition coefficient (Wildman–Crippen LogP) is 2.42. The van der Waals surface area contributed by atoms with Crippen LogP contribution in [0.15, 0.2) is 53.7 Å². The summed E-state index contributed by atoms with van der Waals surface area (Å²) in [5, 5.41) is 5.91. The number of nitrogens with zero attached hydrogens (tertiary/aromatic N) is 3. The first-order chi connectivity index (χ1) is 13.3. The molecule has 1 amide bonds. The van der Waals surface area contributed by atoms with E-state index in [1.54, 1.807) is 32.4 Å². The molecular formula is C19H22F3N5O. The molecule has 150 valence electrons. The van der Waals surface area contributed by atoms with Crippen LogP contribution in [0.25, 0.3) is 0 Å². The molecule has 0 radical (unpaired) electrons. The number of halogens is 3. The van der Waals surface area contributed by atoms with E-state index in [0.29, 0.717) is 18.1 Å². The van der Waals surface area contributed by atoms with Crippen molar-refractivity contribution in [2.45, 2.75) is 19.3 Å². The number of nitrogens with one attached hydrogen (secondary N) is 2. The molecule has 0 atom stereocenters. The van der Waals surface area contributed by atoms with E-state index in [1.807, 2.05) is 12.1 Å². The molecule has 0 unspecified atom stereocenters. The second kappa shape index (κ2) is 9.72. The first-order valence-corrected chi connectivity index (χ1v) is 8.54. The Morgan fingerprint density at radius 1 is 1.14 bits per heavy atom. The quantitative estimate of drug-likeness (QED) is 0.584. The standard InChI is InChI=1S/C19H22F3N5O/c1-27(2)17(28)13-26-18(25-12-16-8-3-4-9-23-16)24-11-14-6-5-7-15(10-14)19(20,21)22/h3-10H,11-13H2,1-2H3,(H2,24,25,26). The number of likely N-dealkylation sites (N-methyl/N-ethyl adjacent to an activating group) is 1. The minimum absolute atomic E-state index is 0.00361. The average Bonchev–Trinajstić information content (AvgIpc) is 2.67. The van der Waals surface area contributed by atoms with Crippen molar-refractivity contribution in [3.63, 3.8) is 0 Å². The summed E-state index contributed by atoms with van der Waals surface area (Å²) in [5.41, 5.74) is 0.446. The fraction of sp³-hybridized carbons (Fsp3) is 0.316. The maximum Gasteiger partial charge on any atom is 0.416 e. The van der Waals surface area contributed by atoms with Gasteiger partial charge in [-0.1, -0.05) is 18.2 Å². The number of amides is 1. The Bertz CT molecular complexity index is 807. The van der Waals surface area contributed by atoms with Crippen molar-refractivity contribution >= 4 is 11.9 Å². The van der Waals surface area contributed by atoms with E-state index in [2.05, 4.69) is 20.6 Å². The number of hydrogen-bond acceptors (Lipinski definition) is 3. The van der Waals surface area contributed by atoms with Gasteiger partial charge in [-0.3, -0.25) is 9.78 Å². The third kappa shape index (κ3) is 6.90. The smallest absolute Gasteiger partial charge is 0.351 e. The third-order valence-electron chi connectivity index (χ3n) is 3.74. The Hall–Kier alpha value is -3.10. The molecule has 0 spiro atoms. The van der Waals surface area contributed by atoms with Crippen LogP contribution in [-0.4, -0.2) is 42.4 Å². The van der Waals surface area contributed by atoms with E-state index < -0.39 is 11.7 Å². The number of benzene rings is 1. The maximum absolute atomic E-state index is 12.9. The third-order valence-corrected chi connectivity index (χ3v) is 3.74. The molecule has 0 saturated carbocycles. The molecule has 0 bridgehead atoms. The van der Waals surface area contributed by atoms with Crippen LogP contribution in [0.1, 0.15) is 16.8 Å². The van der Waals surface area contributed by atoms with Crippen molar-refractivity contribution in [1.29, 1.82) is 0 Å². The Labute approximate surface area is 161 Å². The number of carbonyl (C=O) groups excluding carboxylic acids is 1. The summed E-state index contributed by atoms with van der Waals surface area (Å²) in [7, 11) is 3.26. The summed E-state index contributed by atoms with van der Waals surface area (Å²) in [6.45, 7) is 0.382. The van der Waals surface area contributed by atoms with Crippen molar-refractivity contribution in [1.82, 2.24) is 20.5 Å². The summed E-state index contributed by atoms with van der Waals surface area (Å²) in [6.07, 6.45) is -2.75. The van der Waals surface area contributed by atoms with Crippen LogP contribution in [0.3, 0.4) is 0 Å². The van der Waals surface area contributed by atoms with E-state index in [-0.39, 0.29) is 19.0 Å². The van der Waals surface area contributed by atoms with Gasteiger partial charge < -0.3 is 15.5 Å². The monoisotopic (exact) mass is 393 g/mol. The molecule has 28 heavy (non-hydrogen) atoms. The van der Waals surface area contributed by atoms with Crippen LogP contribution >= 0.6 is 0 Å². The highest BCUT2D eigenvalue weighted by molar-refractivity contribution is 5.86. The van der Waals surface area contributed by atoms with Crippen molar-refractivity contribution in [2.24, 2.45) is 4.99 Å². The van der Waals surface area contributed by atoms with Crippen LogP contribution in [0, 0.1) is 0 Å². The van der Waals surface area contributed by atoms with E-state index >= 15 is 0 Å². The van der Waals surface area contributed by atoms with Crippen molar-refractivity contribution in [3.8, 4) is 0 Å². The topological polar surface area (TPSA) is 69.6 Å². The molecule has 6 nitrogen and oxygen atoms in total. The zero-order valence-electron chi connectivity index (χ0n) is 15.6. The molecule has 0 aliphatic rings. The van der Waals surface area contributed by atoms with Gasteiger partial charge in [0.2, 0.25) is 5.91 Å². The highest BCUT2D eigenvalue weighted by atomic mass is 19.4. The van der Waals surface area contributed by atoms with Crippen LogP contribution in [-0.2, 0) is 24.1 Å². The zero-order valence-corrected chi connectivity index (χ0v) is 15.6. The molecule has 0 fully saturated rings. The number of carbonyl (C=O) groups is 1. The molecule has 0 aliphatic heterocycles. The van der Waals surface area contributed by atoms with E-state index in [4.69, 9.17) is 0 Å². The second-order valence-corrected chi connectivity index (χ2v) is 6.18. The fourth-order valence-electron chi connectivity index (χ4n) is 2.19. The minimum Gasteiger partial charge on any atom is -0.351 e. The number of rotatable bonds is 6. The van der Waals surface area contributed by atoms with Crippen LogP contribution in [0.2, 0.25) is 0 Å². The molecule has 1 heterocycles. The van der Waals surface area contributed by atoms with Gasteiger partial charge in [-0.05, 0) is 29.8 Å². The Morgan fingerprint density at radius 3 is 2.57 bits per heavy atom. The highest BCUT2D eigenvalue weighted by Crippen LogP contribution is 2.29. The Morgan fingerprint density at radius 2 is 1.93 bits per heavy atom. The normalized spacial score (nSPS) is 11.8. The number of guanidine groups is 1. The zero-order chi connectivity index (χ0) is 20.6. The second-order valence-electron chi connectivity index (χ2n) is 6.18. The predicted molar refractivity (Wildman–Crippen MR) is 100 cm³/mol. The molecule has 2 N–H and O–H groups in total. The molecule has 2 rings (SSSR count). The fourth-order valence-corrected chi connectivity index (χ4v) is 2.19. The summed E-state index contributed by atoms with van der Waals surface area (Å²) in [6, 6.07) is 10.4. The lowest BCUT2D eigenvalue weighted by Gasteiger charge is -2.15. The Balaban J connectivity index is 2.09. The highest BCUT2D eigenvalue weighted by Gasteiger charge is 2.30. The van der Waals surface area contributed by atoms with Gasteiger partial charge in [0, 0.05) is 20.3 Å². The molecular weight excluding hydrogens is 371 g/mol. The summed E-state index contributed by atoms with van der Waals surface area (Å²) < 4.78 is 38.6. The maximum atomic E-state index is 12.9. The summed E-state index contributed by atoms with van der Waals surface area (Å²) in [5.74, 6) is 0.143. The van der Waals surface area contributed by atoms with Crippen LogP contribution in [0.5, 0.6) is 0 Å².